The highest BCUT2D eigenvalue weighted by atomic mass is 16.2. The molecule has 1 atom stereocenters. The third kappa shape index (κ3) is 2.61. The van der Waals surface area contributed by atoms with Crippen molar-refractivity contribution in [2.45, 2.75) is 38.6 Å². The van der Waals surface area contributed by atoms with E-state index in [1.165, 1.54) is 0 Å². The van der Waals surface area contributed by atoms with Crippen molar-refractivity contribution in [1.82, 2.24) is 15.5 Å². The summed E-state index contributed by atoms with van der Waals surface area (Å²) in [5.41, 5.74) is 1.07. The zero-order valence-electron chi connectivity index (χ0n) is 9.55. The lowest BCUT2D eigenvalue weighted by atomic mass is 10.2. The largest absolute Gasteiger partial charge is 0.308 e. The monoisotopic (exact) mass is 222 g/mol. The van der Waals surface area contributed by atoms with Crippen LogP contribution in [0.25, 0.3) is 0 Å². The second-order valence-corrected chi connectivity index (χ2v) is 4.17. The summed E-state index contributed by atoms with van der Waals surface area (Å²) in [6.07, 6.45) is 4.02. The summed E-state index contributed by atoms with van der Waals surface area (Å²) >= 11 is 0. The summed E-state index contributed by atoms with van der Waals surface area (Å²) in [5.74, 6) is 0.647. The molecule has 0 saturated carbocycles. The Morgan fingerprint density at radius 1 is 1.69 bits per heavy atom. The van der Waals surface area contributed by atoms with Crippen molar-refractivity contribution in [1.29, 1.82) is 0 Å². The maximum Gasteiger partial charge on any atom is 0.242 e. The van der Waals surface area contributed by atoms with E-state index in [9.17, 15) is 4.79 Å². The molecule has 0 bridgehead atoms. The van der Waals surface area contributed by atoms with Crippen LogP contribution in [0.2, 0.25) is 0 Å². The standard InChI is InChI=1S/C11H18N4O/c1-2-4-8-7-10(15-14-8)13-11(16)9-5-3-6-12-9/h7,9,12H,2-6H2,1H3,(H2,13,14,15,16)/t9-/m0/s1. The molecular formula is C11H18N4O. The number of hydrogen-bond donors (Lipinski definition) is 3. The average molecular weight is 222 g/mol. The first kappa shape index (κ1) is 11.1. The predicted molar refractivity (Wildman–Crippen MR) is 62.2 cm³/mol. The number of nitrogens with one attached hydrogen (secondary N) is 3. The van der Waals surface area contributed by atoms with Crippen molar-refractivity contribution in [2.24, 2.45) is 0 Å². The van der Waals surface area contributed by atoms with Crippen molar-refractivity contribution < 1.29 is 4.79 Å². The Hall–Kier alpha value is -1.36. The van der Waals surface area contributed by atoms with Gasteiger partial charge in [-0.05, 0) is 25.8 Å². The van der Waals surface area contributed by atoms with E-state index in [0.29, 0.717) is 5.82 Å². The number of anilines is 1. The Bertz CT molecular complexity index is 355. The van der Waals surface area contributed by atoms with Crippen LogP contribution in [0.3, 0.4) is 0 Å². The second kappa shape index (κ2) is 5.12. The van der Waals surface area contributed by atoms with Gasteiger partial charge in [0.25, 0.3) is 0 Å². The molecule has 2 heterocycles. The Morgan fingerprint density at radius 2 is 2.56 bits per heavy atom. The lowest BCUT2D eigenvalue weighted by molar-refractivity contribution is -0.117. The highest BCUT2D eigenvalue weighted by molar-refractivity contribution is 5.94. The number of carbonyl (C=O) groups is 1. The Kier molecular flexibility index (Phi) is 3.56. The van der Waals surface area contributed by atoms with E-state index in [1.54, 1.807) is 0 Å². The van der Waals surface area contributed by atoms with E-state index in [2.05, 4.69) is 27.8 Å². The fourth-order valence-electron chi connectivity index (χ4n) is 1.94. The van der Waals surface area contributed by atoms with E-state index in [4.69, 9.17) is 0 Å². The first-order valence-electron chi connectivity index (χ1n) is 5.88. The Balaban J connectivity index is 1.89. The van der Waals surface area contributed by atoms with Gasteiger partial charge < -0.3 is 10.6 Å². The number of aryl methyl sites for hydroxylation is 1. The number of nitrogens with zero attached hydrogens (tertiary/aromatic N) is 1. The smallest absolute Gasteiger partial charge is 0.242 e. The molecule has 0 unspecified atom stereocenters. The van der Waals surface area contributed by atoms with Crippen LogP contribution in [0.4, 0.5) is 5.82 Å². The van der Waals surface area contributed by atoms with Crippen LogP contribution in [0.1, 0.15) is 31.9 Å². The molecule has 3 N–H and O–H groups in total. The summed E-state index contributed by atoms with van der Waals surface area (Å²) in [7, 11) is 0. The summed E-state index contributed by atoms with van der Waals surface area (Å²) in [6.45, 7) is 3.04. The topological polar surface area (TPSA) is 69.8 Å². The average Bonchev–Trinajstić information content (AvgIpc) is 2.89. The van der Waals surface area contributed by atoms with Gasteiger partial charge in [-0.1, -0.05) is 13.3 Å². The van der Waals surface area contributed by atoms with Crippen LogP contribution >= 0.6 is 0 Å². The van der Waals surface area contributed by atoms with E-state index in [1.807, 2.05) is 6.07 Å². The summed E-state index contributed by atoms with van der Waals surface area (Å²) in [6, 6.07) is 1.85. The van der Waals surface area contributed by atoms with Crippen LogP contribution < -0.4 is 10.6 Å². The highest BCUT2D eigenvalue weighted by Gasteiger charge is 2.22. The molecule has 88 valence electrons. The van der Waals surface area contributed by atoms with E-state index >= 15 is 0 Å². The molecule has 1 amide bonds. The van der Waals surface area contributed by atoms with Gasteiger partial charge in [0, 0.05) is 11.8 Å². The normalized spacial score (nSPS) is 19.9. The lowest BCUT2D eigenvalue weighted by Crippen LogP contribution is -2.35. The molecule has 0 spiro atoms. The van der Waals surface area contributed by atoms with Crippen LogP contribution in [0, 0.1) is 0 Å². The molecule has 1 aromatic heterocycles. The SMILES string of the molecule is CCCc1cc(NC(=O)[C@@H]2CCCN2)n[nH]1. The molecule has 0 aliphatic carbocycles. The number of H-pyrrole nitrogens is 1. The third-order valence-corrected chi connectivity index (χ3v) is 2.78. The molecular weight excluding hydrogens is 204 g/mol. The minimum atomic E-state index is -0.0497. The second-order valence-electron chi connectivity index (χ2n) is 4.17. The first-order chi connectivity index (χ1) is 7.79. The number of aromatic nitrogens is 2. The minimum Gasteiger partial charge on any atom is -0.308 e. The zero-order chi connectivity index (χ0) is 11.4. The minimum absolute atomic E-state index is 0.0204. The number of rotatable bonds is 4. The predicted octanol–water partition coefficient (Wildman–Crippen LogP) is 1.05. The van der Waals surface area contributed by atoms with Gasteiger partial charge in [-0.15, -0.1) is 0 Å². The summed E-state index contributed by atoms with van der Waals surface area (Å²) in [4.78, 5) is 11.8. The van der Waals surface area contributed by atoms with E-state index in [-0.39, 0.29) is 11.9 Å². The Morgan fingerprint density at radius 3 is 3.25 bits per heavy atom. The third-order valence-electron chi connectivity index (χ3n) is 2.78. The fourth-order valence-corrected chi connectivity index (χ4v) is 1.94. The van der Waals surface area contributed by atoms with Crippen molar-refractivity contribution in [3.8, 4) is 0 Å². The van der Waals surface area contributed by atoms with Crippen LogP contribution in [0.15, 0.2) is 6.07 Å². The number of carbonyl (C=O) groups excluding carboxylic acids is 1. The van der Waals surface area contributed by atoms with E-state index in [0.717, 1.165) is 37.9 Å². The van der Waals surface area contributed by atoms with Gasteiger partial charge in [-0.2, -0.15) is 5.10 Å². The fraction of sp³-hybridized carbons (Fsp3) is 0.636. The van der Waals surface area contributed by atoms with Crippen LogP contribution in [-0.4, -0.2) is 28.7 Å². The van der Waals surface area contributed by atoms with Gasteiger partial charge in [0.2, 0.25) is 5.91 Å². The maximum absolute atomic E-state index is 11.8. The number of amides is 1. The van der Waals surface area contributed by atoms with Gasteiger partial charge in [-0.3, -0.25) is 9.89 Å². The van der Waals surface area contributed by atoms with Crippen LogP contribution in [-0.2, 0) is 11.2 Å². The molecule has 0 aromatic carbocycles. The van der Waals surface area contributed by atoms with Crippen molar-refractivity contribution in [3.63, 3.8) is 0 Å². The molecule has 1 aromatic rings. The van der Waals surface area contributed by atoms with Gasteiger partial charge in [-0.25, -0.2) is 0 Å². The summed E-state index contributed by atoms with van der Waals surface area (Å²) < 4.78 is 0. The van der Waals surface area contributed by atoms with Gasteiger partial charge in [0.15, 0.2) is 5.82 Å². The Labute approximate surface area is 95.0 Å². The lowest BCUT2D eigenvalue weighted by Gasteiger charge is -2.08. The molecule has 0 radical (unpaired) electrons. The number of hydrogen-bond acceptors (Lipinski definition) is 3. The quantitative estimate of drug-likeness (QED) is 0.713. The van der Waals surface area contributed by atoms with E-state index < -0.39 is 0 Å². The summed E-state index contributed by atoms with van der Waals surface area (Å²) in [5, 5.41) is 13.0. The molecule has 5 nitrogen and oxygen atoms in total. The molecule has 1 saturated heterocycles. The maximum atomic E-state index is 11.8. The number of aromatic amines is 1. The van der Waals surface area contributed by atoms with Crippen molar-refractivity contribution in [2.75, 3.05) is 11.9 Å². The molecule has 5 heteroatoms. The molecule has 1 fully saturated rings. The zero-order valence-corrected chi connectivity index (χ0v) is 9.55. The van der Waals surface area contributed by atoms with Gasteiger partial charge in [0.05, 0.1) is 6.04 Å². The van der Waals surface area contributed by atoms with Crippen molar-refractivity contribution >= 4 is 11.7 Å². The molecule has 1 aliphatic rings. The van der Waals surface area contributed by atoms with Crippen LogP contribution in [0.5, 0.6) is 0 Å². The molecule has 2 rings (SSSR count). The van der Waals surface area contributed by atoms with Gasteiger partial charge >= 0.3 is 0 Å². The molecule has 1 aliphatic heterocycles. The first-order valence-corrected chi connectivity index (χ1v) is 5.88. The van der Waals surface area contributed by atoms with Gasteiger partial charge in [0.1, 0.15) is 0 Å². The van der Waals surface area contributed by atoms with Crippen molar-refractivity contribution in [3.05, 3.63) is 11.8 Å². The highest BCUT2D eigenvalue weighted by Crippen LogP contribution is 2.10. The molecule has 16 heavy (non-hydrogen) atoms.